The maximum Gasteiger partial charge on any atom is 0.311 e. The van der Waals surface area contributed by atoms with Crippen LogP contribution in [-0.4, -0.2) is 41.8 Å². The van der Waals surface area contributed by atoms with Crippen molar-refractivity contribution in [3.8, 4) is 5.75 Å². The quantitative estimate of drug-likeness (QED) is 0.419. The molecule has 0 N–H and O–H groups in total. The minimum Gasteiger partial charge on any atom is -0.477 e. The second-order valence-corrected chi connectivity index (χ2v) is 9.07. The first-order chi connectivity index (χ1) is 15.3. The third kappa shape index (κ3) is 4.36. The van der Waals surface area contributed by atoms with Gasteiger partial charge in [-0.3, -0.25) is 4.79 Å². The minimum absolute atomic E-state index is 0.312. The van der Waals surface area contributed by atoms with Gasteiger partial charge < -0.3 is 23.3 Å². The van der Waals surface area contributed by atoms with Crippen LogP contribution in [0.2, 0.25) is 0 Å². The molecule has 0 fully saturated rings. The molecule has 1 aliphatic heterocycles. The Kier molecular flexibility index (Phi) is 6.22. The number of aromatic nitrogens is 2. The first-order valence-corrected chi connectivity index (χ1v) is 10.8. The maximum atomic E-state index is 12.9. The Bertz CT molecular complexity index is 1090. The summed E-state index contributed by atoms with van der Waals surface area (Å²) in [5.41, 5.74) is 2.63. The van der Waals surface area contributed by atoms with Gasteiger partial charge in [0.1, 0.15) is 6.10 Å². The largest absolute Gasteiger partial charge is 0.477 e. The third-order valence-electron chi connectivity index (χ3n) is 5.45. The van der Waals surface area contributed by atoms with Gasteiger partial charge in [0.05, 0.1) is 24.3 Å². The highest BCUT2D eigenvalue weighted by atomic mass is 16.6. The molecule has 4 rings (SSSR count). The molecule has 3 heterocycles. The van der Waals surface area contributed by atoms with Crippen LogP contribution in [0.1, 0.15) is 49.8 Å². The molecule has 0 spiro atoms. The van der Waals surface area contributed by atoms with Crippen LogP contribution in [0.4, 0.5) is 0 Å². The Morgan fingerprint density at radius 1 is 1.16 bits per heavy atom. The molecule has 0 amide bonds. The van der Waals surface area contributed by atoms with E-state index in [4.69, 9.17) is 18.9 Å². The molecule has 0 radical (unpaired) electrons. The number of imidazole rings is 1. The Morgan fingerprint density at radius 3 is 2.59 bits per heavy atom. The number of rotatable bonds is 6. The maximum absolute atomic E-state index is 12.9. The predicted molar refractivity (Wildman–Crippen MR) is 120 cm³/mol. The van der Waals surface area contributed by atoms with E-state index in [0.29, 0.717) is 24.6 Å². The van der Waals surface area contributed by atoms with Crippen LogP contribution in [0.3, 0.4) is 0 Å². The zero-order chi connectivity index (χ0) is 22.9. The number of carbonyl (C=O) groups is 1. The fourth-order valence-corrected chi connectivity index (χ4v) is 3.81. The summed E-state index contributed by atoms with van der Waals surface area (Å²) in [6.45, 7) is 8.22. The van der Waals surface area contributed by atoms with Gasteiger partial charge in [0, 0.05) is 25.1 Å². The molecule has 1 aliphatic rings. The van der Waals surface area contributed by atoms with Crippen molar-refractivity contribution in [1.29, 1.82) is 0 Å². The summed E-state index contributed by atoms with van der Waals surface area (Å²) in [6.07, 6.45) is 2.11. The van der Waals surface area contributed by atoms with Crippen LogP contribution < -0.4 is 4.74 Å². The molecule has 0 saturated carbocycles. The highest BCUT2D eigenvalue weighted by molar-refractivity contribution is 5.76. The second-order valence-electron chi connectivity index (χ2n) is 9.07. The number of aryl methyl sites for hydroxylation is 1. The van der Waals surface area contributed by atoms with Crippen molar-refractivity contribution in [2.75, 3.05) is 20.3 Å². The molecule has 3 aromatic rings. The van der Waals surface area contributed by atoms with Crippen LogP contribution in [0, 0.1) is 12.3 Å². The molecule has 7 nitrogen and oxygen atoms in total. The van der Waals surface area contributed by atoms with Crippen molar-refractivity contribution in [3.05, 3.63) is 65.6 Å². The van der Waals surface area contributed by atoms with Crippen molar-refractivity contribution in [2.24, 2.45) is 5.41 Å². The third-order valence-corrected chi connectivity index (χ3v) is 5.45. The summed E-state index contributed by atoms with van der Waals surface area (Å²) in [6, 6.07) is 11.7. The van der Waals surface area contributed by atoms with Crippen LogP contribution in [0.5, 0.6) is 5.75 Å². The van der Waals surface area contributed by atoms with Crippen molar-refractivity contribution >= 4 is 11.6 Å². The van der Waals surface area contributed by atoms with Gasteiger partial charge in [-0.1, -0.05) is 30.3 Å². The Morgan fingerprint density at radius 2 is 1.91 bits per heavy atom. The molecule has 7 heteroatoms. The number of carbonyl (C=O) groups excluding carboxylic acids is 1. The normalized spacial score (nSPS) is 20.6. The van der Waals surface area contributed by atoms with Crippen molar-refractivity contribution < 1.29 is 23.7 Å². The highest BCUT2D eigenvalue weighted by Crippen LogP contribution is 2.46. The number of methoxy groups -OCH3 is 1. The summed E-state index contributed by atoms with van der Waals surface area (Å²) in [7, 11) is 1.63. The summed E-state index contributed by atoms with van der Waals surface area (Å²) in [5, 5.41) is 0. The first kappa shape index (κ1) is 22.3. The topological polar surface area (TPSA) is 71.3 Å². The first-order valence-electron chi connectivity index (χ1n) is 10.8. The van der Waals surface area contributed by atoms with Gasteiger partial charge in [-0.2, -0.15) is 0 Å². The van der Waals surface area contributed by atoms with E-state index >= 15 is 0 Å². The average molecular weight is 439 g/mol. The number of hydrogen-bond acceptors (Lipinski definition) is 6. The standard InChI is InChI=1S/C25H30N2O5/c1-16-15-27-12-11-18-20(30-14-13-29-5)22(32-24(28)25(2,3)4)19(17-9-7-6-8-10-17)31-21(18)23(27)26-16/h6-12,15,19-20,22H,13-14H2,1-5H3/t19-,20-,22+/m1/s1. The summed E-state index contributed by atoms with van der Waals surface area (Å²) < 4.78 is 26.0. The second kappa shape index (κ2) is 8.92. The SMILES string of the molecule is COCCO[C@@H]1c2ccn3cc(C)nc3c2O[C@H](c2ccccc2)[C@@H]1OC(=O)C(C)(C)C. The fourth-order valence-electron chi connectivity index (χ4n) is 3.81. The molecule has 0 saturated heterocycles. The Hall–Kier alpha value is -2.90. The number of fused-ring (bicyclic) bond motifs is 3. The van der Waals surface area contributed by atoms with Gasteiger partial charge in [-0.15, -0.1) is 0 Å². The van der Waals surface area contributed by atoms with Crippen LogP contribution in [-0.2, 0) is 19.0 Å². The van der Waals surface area contributed by atoms with Gasteiger partial charge in [0.25, 0.3) is 0 Å². The van der Waals surface area contributed by atoms with E-state index in [0.717, 1.165) is 16.8 Å². The molecule has 2 aromatic heterocycles. The summed E-state index contributed by atoms with van der Waals surface area (Å²) in [5.74, 6) is 0.327. The number of esters is 1. The molecule has 3 atom stereocenters. The van der Waals surface area contributed by atoms with Gasteiger partial charge in [-0.25, -0.2) is 4.98 Å². The zero-order valence-electron chi connectivity index (χ0n) is 19.2. The number of ether oxygens (including phenoxy) is 4. The number of hydrogen-bond donors (Lipinski definition) is 0. The van der Waals surface area contributed by atoms with E-state index in [2.05, 4.69) is 4.98 Å². The lowest BCUT2D eigenvalue weighted by atomic mass is 9.91. The molecule has 0 unspecified atom stereocenters. The lowest BCUT2D eigenvalue weighted by molar-refractivity contribution is -0.181. The van der Waals surface area contributed by atoms with Crippen LogP contribution in [0.25, 0.3) is 5.65 Å². The lowest BCUT2D eigenvalue weighted by Crippen LogP contribution is -2.42. The fraction of sp³-hybridized carbons (Fsp3) is 0.440. The van der Waals surface area contributed by atoms with Gasteiger partial charge in [0.15, 0.2) is 23.6 Å². The summed E-state index contributed by atoms with van der Waals surface area (Å²) >= 11 is 0. The molecule has 0 aliphatic carbocycles. The van der Waals surface area contributed by atoms with E-state index in [1.165, 1.54) is 0 Å². The molecular weight excluding hydrogens is 408 g/mol. The van der Waals surface area contributed by atoms with E-state index in [1.807, 2.05) is 80.9 Å². The highest BCUT2D eigenvalue weighted by Gasteiger charge is 2.45. The molecule has 1 aromatic carbocycles. The number of nitrogens with zero attached hydrogens (tertiary/aromatic N) is 2. The smallest absolute Gasteiger partial charge is 0.311 e. The monoisotopic (exact) mass is 438 g/mol. The van der Waals surface area contributed by atoms with Crippen LogP contribution in [0.15, 0.2) is 48.8 Å². The number of benzene rings is 1. The van der Waals surface area contributed by atoms with E-state index in [9.17, 15) is 4.79 Å². The minimum atomic E-state index is -0.674. The molecule has 32 heavy (non-hydrogen) atoms. The zero-order valence-corrected chi connectivity index (χ0v) is 19.2. The van der Waals surface area contributed by atoms with Crippen LogP contribution >= 0.6 is 0 Å². The van der Waals surface area contributed by atoms with Gasteiger partial charge >= 0.3 is 5.97 Å². The number of pyridine rings is 1. The Balaban J connectivity index is 1.84. The predicted octanol–water partition coefficient (Wildman–Crippen LogP) is 4.44. The van der Waals surface area contributed by atoms with Crippen molar-refractivity contribution in [1.82, 2.24) is 9.38 Å². The molecule has 0 bridgehead atoms. The van der Waals surface area contributed by atoms with Gasteiger partial charge in [-0.05, 0) is 39.3 Å². The average Bonchev–Trinajstić information content (AvgIpc) is 3.15. The molecule has 170 valence electrons. The molecular formula is C25H30N2O5. The van der Waals surface area contributed by atoms with Gasteiger partial charge in [0.2, 0.25) is 0 Å². The van der Waals surface area contributed by atoms with Crippen molar-refractivity contribution in [3.63, 3.8) is 0 Å². The van der Waals surface area contributed by atoms with Crippen molar-refractivity contribution in [2.45, 2.75) is 46.0 Å². The van der Waals surface area contributed by atoms with E-state index in [1.54, 1.807) is 7.11 Å². The lowest BCUT2D eigenvalue weighted by Gasteiger charge is -2.39. The Labute approximate surface area is 188 Å². The van der Waals surface area contributed by atoms with E-state index < -0.39 is 23.7 Å². The van der Waals surface area contributed by atoms with E-state index in [-0.39, 0.29) is 5.97 Å². The summed E-state index contributed by atoms with van der Waals surface area (Å²) in [4.78, 5) is 17.6.